The van der Waals surface area contributed by atoms with Crippen LogP contribution in [0.5, 0.6) is 0 Å². The van der Waals surface area contributed by atoms with Crippen molar-refractivity contribution in [3.05, 3.63) is 273 Å². The number of hydrogen-bond donors (Lipinski definition) is 3. The first-order chi connectivity index (χ1) is 29.4. The monoisotopic (exact) mass is 895 g/mol. The van der Waals surface area contributed by atoms with Crippen molar-refractivity contribution in [3.8, 4) is 0 Å². The fraction of sp³-hybridized carbons (Fsp3) is 0. The zero-order chi connectivity index (χ0) is 41.5. The van der Waals surface area contributed by atoms with Crippen molar-refractivity contribution < 1.29 is 38.4 Å². The van der Waals surface area contributed by atoms with Gasteiger partial charge in [-0.05, 0) is 46.7 Å². The van der Waals surface area contributed by atoms with Crippen molar-refractivity contribution in [3.63, 3.8) is 0 Å². The number of rotatable bonds is 9. The smallest absolute Gasteiger partial charge is 2.00 e. The Balaban J connectivity index is 0.000000173. The average molecular weight is 896 g/mol. The molecule has 0 aliphatic carbocycles. The molecular weight excluding hydrogens is 848 g/mol. The fourth-order valence-electron chi connectivity index (χ4n) is 7.61. The van der Waals surface area contributed by atoms with Crippen LogP contribution in [0.15, 0.2) is 273 Å². The van der Waals surface area contributed by atoms with E-state index in [4.69, 9.17) is 0 Å². The molecular formula is C54H48O4Si3V. The molecule has 4 nitrogen and oxygen atoms in total. The van der Waals surface area contributed by atoms with Gasteiger partial charge in [-0.3, -0.25) is 0 Å². The molecule has 9 rings (SSSR count). The van der Waals surface area contributed by atoms with Gasteiger partial charge in [0.25, 0.3) is 25.0 Å². The van der Waals surface area contributed by atoms with Gasteiger partial charge in [-0.2, -0.15) is 0 Å². The molecule has 0 fully saturated rings. The Labute approximate surface area is 380 Å². The van der Waals surface area contributed by atoms with Gasteiger partial charge in [0.15, 0.2) is 0 Å². The van der Waals surface area contributed by atoms with Gasteiger partial charge < -0.3 is 19.9 Å². The summed E-state index contributed by atoms with van der Waals surface area (Å²) in [5, 5.41) is 9.10. The molecule has 9 aromatic carbocycles. The van der Waals surface area contributed by atoms with Crippen LogP contribution in [-0.2, 0) is 24.0 Å². The zero-order valence-corrected chi connectivity index (χ0v) is 38.6. The van der Waals surface area contributed by atoms with Crippen molar-refractivity contribution in [1.82, 2.24) is 0 Å². The molecule has 1 radical (unpaired) electrons. The molecule has 62 heavy (non-hydrogen) atoms. The fourth-order valence-corrected chi connectivity index (χ4v) is 16.7. The molecule has 0 saturated carbocycles. The van der Waals surface area contributed by atoms with Gasteiger partial charge in [0.1, 0.15) is 0 Å². The van der Waals surface area contributed by atoms with E-state index in [0.717, 1.165) is 46.7 Å². The predicted molar refractivity (Wildman–Crippen MR) is 259 cm³/mol. The first-order valence-corrected chi connectivity index (χ1v) is 26.0. The Kier molecular flexibility index (Phi) is 17.3. The van der Waals surface area contributed by atoms with Gasteiger partial charge >= 0.3 is 18.6 Å². The Morgan fingerprint density at radius 3 is 0.339 bits per heavy atom. The van der Waals surface area contributed by atoms with E-state index in [9.17, 15) is 14.4 Å². The van der Waals surface area contributed by atoms with E-state index < -0.39 is 25.0 Å². The maximum absolute atomic E-state index is 11.6. The molecule has 0 aliphatic rings. The van der Waals surface area contributed by atoms with E-state index >= 15 is 0 Å². The van der Waals surface area contributed by atoms with Gasteiger partial charge in [-0.1, -0.05) is 273 Å². The summed E-state index contributed by atoms with van der Waals surface area (Å²) in [4.78, 5) is 34.7. The van der Waals surface area contributed by atoms with Crippen LogP contribution in [0.2, 0.25) is 0 Å². The molecule has 0 aliphatic heterocycles. The van der Waals surface area contributed by atoms with Crippen LogP contribution < -0.4 is 46.7 Å². The zero-order valence-electron chi connectivity index (χ0n) is 34.2. The Morgan fingerprint density at radius 1 is 0.177 bits per heavy atom. The van der Waals surface area contributed by atoms with Crippen LogP contribution >= 0.6 is 0 Å². The maximum Gasteiger partial charge on any atom is 2.00 e. The second-order valence-electron chi connectivity index (χ2n) is 14.4. The van der Waals surface area contributed by atoms with Gasteiger partial charge in [0.2, 0.25) is 0 Å². The molecule has 0 saturated heterocycles. The minimum absolute atomic E-state index is 0. The predicted octanol–water partition coefficient (Wildman–Crippen LogP) is 4.82. The molecule has 3 N–H and O–H groups in total. The van der Waals surface area contributed by atoms with E-state index in [1.807, 2.05) is 273 Å². The number of hydrogen-bond acceptors (Lipinski definition) is 3. The third kappa shape index (κ3) is 10.6. The first kappa shape index (κ1) is 47.1. The van der Waals surface area contributed by atoms with Gasteiger partial charge in [-0.25, -0.2) is 0 Å². The molecule has 0 amide bonds. The molecule has 0 bridgehead atoms. The van der Waals surface area contributed by atoms with Gasteiger partial charge in [0.05, 0.1) is 0 Å². The number of benzene rings is 9. The molecule has 0 atom stereocenters. The van der Waals surface area contributed by atoms with Gasteiger partial charge in [0, 0.05) is 0 Å². The summed E-state index contributed by atoms with van der Waals surface area (Å²) in [6.07, 6.45) is 0. The summed E-state index contributed by atoms with van der Waals surface area (Å²) in [6.45, 7) is 0. The summed E-state index contributed by atoms with van der Waals surface area (Å²) in [5.74, 6) is 0. The molecule has 305 valence electrons. The van der Waals surface area contributed by atoms with Crippen molar-refractivity contribution >= 4 is 71.6 Å². The Bertz CT molecular complexity index is 2010. The van der Waals surface area contributed by atoms with Crippen molar-refractivity contribution in [1.29, 1.82) is 0 Å². The normalized spacial score (nSPS) is 10.9. The van der Waals surface area contributed by atoms with Crippen LogP contribution in [-0.4, -0.2) is 39.3 Å². The van der Waals surface area contributed by atoms with Crippen molar-refractivity contribution in [2.75, 3.05) is 0 Å². The molecule has 0 aromatic heterocycles. The second kappa shape index (κ2) is 22.8. The SMILES string of the molecule is O[Si](c1ccccc1)(c1ccccc1)c1ccccc1.O[Si](c1ccccc1)(c1ccccc1)c1ccccc1.O[Si](c1ccccc1)(c1ccccc1)c1ccccc1.[O-2].[V+2]. The second-order valence-corrected chi connectivity index (χ2v) is 23.9. The standard InChI is InChI=1S/3C18H16OSi.O.V/c3*19-20(16-10-4-1-5-11-16,17-12-6-2-7-13-17)18-14-8-3-9-15-18;;/h3*1-15,19H;;/q;;;-2;+2. The van der Waals surface area contributed by atoms with Crippen LogP contribution in [0.4, 0.5) is 0 Å². The quantitative estimate of drug-likeness (QED) is 0.144. The van der Waals surface area contributed by atoms with Crippen LogP contribution in [0.25, 0.3) is 0 Å². The van der Waals surface area contributed by atoms with Crippen molar-refractivity contribution in [2.45, 2.75) is 0 Å². The summed E-state index contributed by atoms with van der Waals surface area (Å²) in [7, 11) is -8.63. The third-order valence-electron chi connectivity index (χ3n) is 10.7. The largest absolute Gasteiger partial charge is 2.00 e. The average Bonchev–Trinajstić information content (AvgIpc) is 3.36. The minimum atomic E-state index is -2.88. The minimum Gasteiger partial charge on any atom is -2.00 e. The molecule has 9 aromatic rings. The van der Waals surface area contributed by atoms with Crippen molar-refractivity contribution in [2.24, 2.45) is 0 Å². The van der Waals surface area contributed by atoms with E-state index in [1.165, 1.54) is 0 Å². The summed E-state index contributed by atoms with van der Waals surface area (Å²) in [6, 6.07) is 89.9. The molecule has 0 unspecified atom stereocenters. The molecule has 8 heteroatoms. The third-order valence-corrected chi connectivity index (χ3v) is 21.2. The van der Waals surface area contributed by atoms with E-state index in [-0.39, 0.29) is 24.0 Å². The summed E-state index contributed by atoms with van der Waals surface area (Å²) >= 11 is 0. The van der Waals surface area contributed by atoms with E-state index in [0.29, 0.717) is 0 Å². The maximum atomic E-state index is 11.6. The van der Waals surface area contributed by atoms with Crippen LogP contribution in [0, 0.1) is 0 Å². The van der Waals surface area contributed by atoms with Gasteiger partial charge in [-0.15, -0.1) is 0 Å². The molecule has 0 heterocycles. The molecule has 0 spiro atoms. The first-order valence-electron chi connectivity index (χ1n) is 20.1. The Hall–Kier alpha value is -5.94. The van der Waals surface area contributed by atoms with E-state index in [1.54, 1.807) is 0 Å². The summed E-state index contributed by atoms with van der Waals surface area (Å²) in [5.41, 5.74) is 0. The topological polar surface area (TPSA) is 89.2 Å². The van der Waals surface area contributed by atoms with Crippen LogP contribution in [0.1, 0.15) is 0 Å². The van der Waals surface area contributed by atoms with Crippen LogP contribution in [0.3, 0.4) is 0 Å². The Morgan fingerprint density at radius 2 is 0.258 bits per heavy atom. The van der Waals surface area contributed by atoms with E-state index in [2.05, 4.69) is 0 Å². The summed E-state index contributed by atoms with van der Waals surface area (Å²) < 4.78 is 0.